The van der Waals surface area contributed by atoms with Crippen molar-refractivity contribution in [3.63, 3.8) is 0 Å². The van der Waals surface area contributed by atoms with Crippen LogP contribution in [0.25, 0.3) is 0 Å². The number of aromatic nitrogens is 1. The number of halogens is 1. The molecule has 1 aromatic heterocycles. The average Bonchev–Trinajstić information content (AvgIpc) is 2.74. The third-order valence-corrected chi connectivity index (χ3v) is 2.18. The molecule has 0 spiro atoms. The van der Waals surface area contributed by atoms with Crippen LogP contribution in [-0.2, 0) is 6.42 Å². The monoisotopic (exact) mass is 167 g/mol. The molecule has 0 unspecified atom stereocenters. The minimum Gasteiger partial charge on any atom is -0.390 e. The Kier molecular flexibility index (Phi) is 1.61. The normalized spacial score (nSPS) is 19.2. The van der Waals surface area contributed by atoms with E-state index in [0.717, 1.165) is 12.8 Å². The van der Waals surface area contributed by atoms with Crippen LogP contribution in [0.4, 0.5) is 4.39 Å². The van der Waals surface area contributed by atoms with E-state index < -0.39 is 11.5 Å². The summed E-state index contributed by atoms with van der Waals surface area (Å²) in [6.07, 6.45) is 3.37. The zero-order valence-electron chi connectivity index (χ0n) is 6.63. The molecule has 1 fully saturated rings. The second-order valence-corrected chi connectivity index (χ2v) is 3.35. The lowest BCUT2D eigenvalue weighted by Crippen LogP contribution is -2.12. The van der Waals surface area contributed by atoms with Gasteiger partial charge in [0, 0.05) is 18.2 Å². The maximum absolute atomic E-state index is 12.9. The van der Waals surface area contributed by atoms with Crippen molar-refractivity contribution < 1.29 is 9.50 Å². The minimum absolute atomic E-state index is 0.396. The van der Waals surface area contributed by atoms with Crippen molar-refractivity contribution in [2.75, 3.05) is 0 Å². The number of hydrogen-bond acceptors (Lipinski definition) is 2. The summed E-state index contributed by atoms with van der Waals surface area (Å²) in [5.74, 6) is -0.460. The summed E-state index contributed by atoms with van der Waals surface area (Å²) in [5, 5.41) is 9.51. The zero-order valence-corrected chi connectivity index (χ0v) is 6.63. The van der Waals surface area contributed by atoms with Crippen LogP contribution in [0.15, 0.2) is 18.3 Å². The molecule has 0 aromatic carbocycles. The average molecular weight is 167 g/mol. The topological polar surface area (TPSA) is 33.1 Å². The van der Waals surface area contributed by atoms with Crippen molar-refractivity contribution in [3.05, 3.63) is 29.8 Å². The van der Waals surface area contributed by atoms with Crippen molar-refractivity contribution in [2.24, 2.45) is 0 Å². The lowest BCUT2D eigenvalue weighted by Gasteiger charge is -2.06. The molecule has 0 saturated heterocycles. The molecule has 0 amide bonds. The van der Waals surface area contributed by atoms with E-state index in [0.29, 0.717) is 12.0 Å². The predicted octanol–water partition coefficient (Wildman–Crippen LogP) is 1.29. The van der Waals surface area contributed by atoms with Crippen molar-refractivity contribution in [1.82, 2.24) is 4.98 Å². The van der Waals surface area contributed by atoms with Gasteiger partial charge < -0.3 is 5.11 Å². The van der Waals surface area contributed by atoms with E-state index in [1.807, 2.05) is 0 Å². The van der Waals surface area contributed by atoms with Gasteiger partial charge in [0.1, 0.15) is 0 Å². The van der Waals surface area contributed by atoms with Gasteiger partial charge in [-0.1, -0.05) is 6.07 Å². The van der Waals surface area contributed by atoms with Gasteiger partial charge in [0.15, 0.2) is 0 Å². The smallest absolute Gasteiger partial charge is 0.216 e. The molecule has 1 aliphatic rings. The number of nitrogens with zero attached hydrogens (tertiary/aromatic N) is 1. The number of pyridine rings is 1. The summed E-state index contributed by atoms with van der Waals surface area (Å²) < 4.78 is 12.9. The largest absolute Gasteiger partial charge is 0.390 e. The highest BCUT2D eigenvalue weighted by atomic mass is 19.1. The molecular weight excluding hydrogens is 157 g/mol. The van der Waals surface area contributed by atoms with Crippen molar-refractivity contribution in [1.29, 1.82) is 0 Å². The van der Waals surface area contributed by atoms with Gasteiger partial charge in [-0.3, -0.25) is 0 Å². The molecule has 0 bridgehead atoms. The number of hydrogen-bond donors (Lipinski definition) is 1. The van der Waals surface area contributed by atoms with E-state index in [-0.39, 0.29) is 0 Å². The third-order valence-electron chi connectivity index (χ3n) is 2.18. The summed E-state index contributed by atoms with van der Waals surface area (Å²) in [5.41, 5.74) is -0.123. The first-order valence-electron chi connectivity index (χ1n) is 4.01. The molecule has 0 radical (unpaired) electrons. The van der Waals surface area contributed by atoms with Gasteiger partial charge in [0.05, 0.1) is 5.60 Å². The van der Waals surface area contributed by atoms with Gasteiger partial charge in [-0.2, -0.15) is 4.39 Å². The third kappa shape index (κ3) is 1.46. The summed E-state index contributed by atoms with van der Waals surface area (Å²) in [4.78, 5) is 3.51. The van der Waals surface area contributed by atoms with E-state index in [2.05, 4.69) is 4.98 Å². The Labute approximate surface area is 70.1 Å². The van der Waals surface area contributed by atoms with E-state index in [1.54, 1.807) is 12.1 Å². The van der Waals surface area contributed by atoms with Crippen LogP contribution in [0.5, 0.6) is 0 Å². The Balaban J connectivity index is 2.17. The lowest BCUT2D eigenvalue weighted by atomic mass is 10.1. The van der Waals surface area contributed by atoms with Crippen molar-refractivity contribution in [2.45, 2.75) is 24.9 Å². The first-order chi connectivity index (χ1) is 5.70. The molecule has 1 saturated carbocycles. The second-order valence-electron chi connectivity index (χ2n) is 3.35. The van der Waals surface area contributed by atoms with E-state index in [4.69, 9.17) is 0 Å². The number of rotatable bonds is 2. The van der Waals surface area contributed by atoms with Crippen molar-refractivity contribution in [3.8, 4) is 0 Å². The second kappa shape index (κ2) is 2.52. The van der Waals surface area contributed by atoms with E-state index in [9.17, 15) is 9.50 Å². The van der Waals surface area contributed by atoms with Gasteiger partial charge in [-0.15, -0.1) is 0 Å². The number of aliphatic hydroxyl groups is 1. The molecule has 3 heteroatoms. The highest BCUT2D eigenvalue weighted by Gasteiger charge is 2.40. The minimum atomic E-state index is -0.635. The molecular formula is C9H10FNO. The Morgan fingerprint density at radius 3 is 2.92 bits per heavy atom. The Hall–Kier alpha value is -0.960. The highest BCUT2D eigenvalue weighted by molar-refractivity contribution is 5.16. The molecule has 12 heavy (non-hydrogen) atoms. The molecule has 2 nitrogen and oxygen atoms in total. The Morgan fingerprint density at radius 2 is 2.33 bits per heavy atom. The van der Waals surface area contributed by atoms with Gasteiger partial charge in [0.2, 0.25) is 5.95 Å². The summed E-state index contributed by atoms with van der Waals surface area (Å²) in [6.45, 7) is 0. The first kappa shape index (κ1) is 7.68. The van der Waals surface area contributed by atoms with E-state index >= 15 is 0 Å². The van der Waals surface area contributed by atoms with Crippen molar-refractivity contribution >= 4 is 0 Å². The summed E-state index contributed by atoms with van der Waals surface area (Å²) >= 11 is 0. The SMILES string of the molecule is OC1(Cc2cccnc2F)CC1. The van der Waals surface area contributed by atoms with E-state index in [1.165, 1.54) is 6.20 Å². The highest BCUT2D eigenvalue weighted by Crippen LogP contribution is 2.38. The van der Waals surface area contributed by atoms with Crippen LogP contribution < -0.4 is 0 Å². The maximum Gasteiger partial charge on any atom is 0.216 e. The Morgan fingerprint density at radius 1 is 1.58 bits per heavy atom. The van der Waals surface area contributed by atoms with Crippen LogP contribution in [0.3, 0.4) is 0 Å². The van der Waals surface area contributed by atoms with Gasteiger partial charge >= 0.3 is 0 Å². The fourth-order valence-corrected chi connectivity index (χ4v) is 1.23. The van der Waals surface area contributed by atoms with Gasteiger partial charge in [0.25, 0.3) is 0 Å². The predicted molar refractivity (Wildman–Crippen MR) is 42.1 cm³/mol. The fraction of sp³-hybridized carbons (Fsp3) is 0.444. The van der Waals surface area contributed by atoms with Crippen LogP contribution in [0.1, 0.15) is 18.4 Å². The molecule has 0 atom stereocenters. The molecule has 1 heterocycles. The maximum atomic E-state index is 12.9. The zero-order chi connectivity index (χ0) is 8.60. The molecule has 1 aliphatic carbocycles. The van der Waals surface area contributed by atoms with Crippen LogP contribution in [0.2, 0.25) is 0 Å². The lowest BCUT2D eigenvalue weighted by molar-refractivity contribution is 0.149. The van der Waals surface area contributed by atoms with Crippen LogP contribution in [-0.4, -0.2) is 15.7 Å². The molecule has 64 valence electrons. The fourth-order valence-electron chi connectivity index (χ4n) is 1.23. The quantitative estimate of drug-likeness (QED) is 0.673. The first-order valence-corrected chi connectivity index (χ1v) is 4.01. The van der Waals surface area contributed by atoms with Gasteiger partial charge in [-0.25, -0.2) is 4.98 Å². The summed E-state index contributed by atoms with van der Waals surface area (Å²) in [7, 11) is 0. The molecule has 1 N–H and O–H groups in total. The molecule has 0 aliphatic heterocycles. The van der Waals surface area contributed by atoms with Gasteiger partial charge in [-0.05, 0) is 18.9 Å². The van der Waals surface area contributed by atoms with Crippen LogP contribution >= 0.6 is 0 Å². The molecule has 2 rings (SSSR count). The Bertz CT molecular complexity index is 296. The molecule has 1 aromatic rings. The summed E-state index contributed by atoms with van der Waals surface area (Å²) in [6, 6.07) is 3.35. The standard InChI is InChI=1S/C9H10FNO/c10-8-7(2-1-5-11-8)6-9(12)3-4-9/h1-2,5,12H,3-4,6H2. The van der Waals surface area contributed by atoms with Crippen LogP contribution in [0, 0.1) is 5.95 Å².